The number of guanidine groups is 1. The van der Waals surface area contributed by atoms with Crippen molar-refractivity contribution in [1.29, 1.82) is 0 Å². The highest BCUT2D eigenvalue weighted by molar-refractivity contribution is 14.0. The first-order chi connectivity index (χ1) is 11.4. The molecule has 2 aromatic rings. The monoisotopic (exact) mass is 488 g/mol. The second-order valence-corrected chi connectivity index (χ2v) is 5.74. The zero-order chi connectivity index (χ0) is 17.6. The molecule has 0 atom stereocenters. The average Bonchev–Trinajstić information content (AvgIpc) is 2.88. The van der Waals surface area contributed by atoms with Gasteiger partial charge in [-0.15, -0.1) is 24.0 Å². The topological polar surface area (TPSA) is 52.2 Å². The number of aromatic amines is 1. The fourth-order valence-corrected chi connectivity index (χ4v) is 2.48. The second-order valence-electron chi connectivity index (χ2n) is 5.31. The summed E-state index contributed by atoms with van der Waals surface area (Å²) in [6.07, 6.45) is -2.50. The lowest BCUT2D eigenvalue weighted by atomic mass is 10.1. The van der Waals surface area contributed by atoms with Crippen molar-refractivity contribution in [2.24, 2.45) is 4.99 Å². The van der Waals surface area contributed by atoms with Gasteiger partial charge < -0.3 is 15.6 Å². The molecule has 0 unspecified atom stereocenters. The average molecular weight is 489 g/mol. The molecular weight excluding hydrogens is 468 g/mol. The molecule has 0 aliphatic heterocycles. The first-order valence-electron chi connectivity index (χ1n) is 7.73. The lowest BCUT2D eigenvalue weighted by Gasteiger charge is -2.11. The van der Waals surface area contributed by atoms with E-state index in [4.69, 9.17) is 11.6 Å². The van der Waals surface area contributed by atoms with Gasteiger partial charge in [0.05, 0.1) is 13.0 Å². The van der Waals surface area contributed by atoms with E-state index in [1.165, 1.54) is 0 Å². The highest BCUT2D eigenvalue weighted by atomic mass is 127. The van der Waals surface area contributed by atoms with Gasteiger partial charge >= 0.3 is 6.18 Å². The molecule has 1 aromatic carbocycles. The smallest absolute Gasteiger partial charge is 0.361 e. The molecule has 2 rings (SSSR count). The third-order valence-corrected chi connectivity index (χ3v) is 3.66. The largest absolute Gasteiger partial charge is 0.390 e. The summed E-state index contributed by atoms with van der Waals surface area (Å²) in [5.74, 6) is 0.389. The minimum Gasteiger partial charge on any atom is -0.361 e. The van der Waals surface area contributed by atoms with Crippen LogP contribution < -0.4 is 10.6 Å². The Morgan fingerprint density at radius 1 is 1.28 bits per heavy atom. The zero-order valence-electron chi connectivity index (χ0n) is 13.7. The molecule has 0 bridgehead atoms. The fraction of sp³-hybridized carbons (Fsp3) is 0.438. The van der Waals surface area contributed by atoms with Crippen molar-refractivity contribution in [3.05, 3.63) is 35.0 Å². The summed E-state index contributed by atoms with van der Waals surface area (Å²) in [4.78, 5) is 7.11. The quantitative estimate of drug-likeness (QED) is 0.319. The Morgan fingerprint density at radius 2 is 2.04 bits per heavy atom. The van der Waals surface area contributed by atoms with Crippen LogP contribution in [-0.4, -0.2) is 36.8 Å². The van der Waals surface area contributed by atoms with Crippen LogP contribution in [0.3, 0.4) is 0 Å². The van der Waals surface area contributed by atoms with Crippen LogP contribution >= 0.6 is 35.6 Å². The lowest BCUT2D eigenvalue weighted by Crippen LogP contribution is -2.38. The molecule has 1 heterocycles. The van der Waals surface area contributed by atoms with Gasteiger partial charge in [0.25, 0.3) is 0 Å². The number of fused-ring (bicyclic) bond motifs is 1. The van der Waals surface area contributed by atoms with Gasteiger partial charge in [0.1, 0.15) is 0 Å². The molecule has 4 nitrogen and oxygen atoms in total. The van der Waals surface area contributed by atoms with Gasteiger partial charge in [-0.25, -0.2) is 0 Å². The van der Waals surface area contributed by atoms with Gasteiger partial charge in [-0.05, 0) is 37.1 Å². The van der Waals surface area contributed by atoms with E-state index in [2.05, 4.69) is 20.6 Å². The van der Waals surface area contributed by atoms with Crippen molar-refractivity contribution in [1.82, 2.24) is 15.6 Å². The predicted molar refractivity (Wildman–Crippen MR) is 107 cm³/mol. The van der Waals surface area contributed by atoms with E-state index in [0.29, 0.717) is 30.5 Å². The first kappa shape index (κ1) is 21.9. The SMILES string of the molecule is CCNC(=NCCC(F)(F)F)NCCc1c[nH]c2ccc(Cl)cc12.I. The summed E-state index contributed by atoms with van der Waals surface area (Å²) in [6.45, 7) is 2.71. The van der Waals surface area contributed by atoms with E-state index in [1.807, 2.05) is 31.3 Å². The maximum atomic E-state index is 12.2. The lowest BCUT2D eigenvalue weighted by molar-refractivity contribution is -0.132. The minimum atomic E-state index is -4.19. The van der Waals surface area contributed by atoms with E-state index < -0.39 is 12.6 Å². The Labute approximate surface area is 166 Å². The molecular formula is C16H21ClF3IN4. The summed E-state index contributed by atoms with van der Waals surface area (Å²) in [7, 11) is 0. The number of rotatable bonds is 6. The number of hydrogen-bond acceptors (Lipinski definition) is 1. The van der Waals surface area contributed by atoms with Crippen LogP contribution in [0.25, 0.3) is 10.9 Å². The number of halogens is 5. The van der Waals surface area contributed by atoms with Crippen LogP contribution in [-0.2, 0) is 6.42 Å². The molecule has 140 valence electrons. The van der Waals surface area contributed by atoms with E-state index in [9.17, 15) is 13.2 Å². The highest BCUT2D eigenvalue weighted by Crippen LogP contribution is 2.22. The molecule has 0 spiro atoms. The standard InChI is InChI=1S/C16H20ClF3N4.HI/c1-2-21-15(23-8-6-16(18,19)20)22-7-5-11-10-24-14-4-3-12(17)9-13(11)14;/h3-4,9-10,24H,2,5-8H2,1H3,(H2,21,22,23);1H. The van der Waals surface area contributed by atoms with Crippen LogP contribution in [0.2, 0.25) is 5.02 Å². The first-order valence-corrected chi connectivity index (χ1v) is 8.11. The molecule has 1 aromatic heterocycles. The van der Waals surface area contributed by atoms with E-state index in [1.54, 1.807) is 0 Å². The Bertz CT molecular complexity index is 700. The molecule has 0 fully saturated rings. The maximum absolute atomic E-state index is 12.2. The number of hydrogen-bond donors (Lipinski definition) is 3. The van der Waals surface area contributed by atoms with Crippen molar-refractivity contribution >= 4 is 52.4 Å². The maximum Gasteiger partial charge on any atom is 0.390 e. The molecule has 25 heavy (non-hydrogen) atoms. The van der Waals surface area contributed by atoms with Crippen LogP contribution in [0.1, 0.15) is 18.9 Å². The fourth-order valence-electron chi connectivity index (χ4n) is 2.31. The van der Waals surface area contributed by atoms with Crippen molar-refractivity contribution in [2.45, 2.75) is 25.9 Å². The summed E-state index contributed by atoms with van der Waals surface area (Å²) in [5.41, 5.74) is 2.09. The van der Waals surface area contributed by atoms with Gasteiger partial charge in [0.15, 0.2) is 5.96 Å². The van der Waals surface area contributed by atoms with Crippen molar-refractivity contribution in [2.75, 3.05) is 19.6 Å². The number of nitrogens with zero attached hydrogens (tertiary/aromatic N) is 1. The molecule has 0 amide bonds. The Kier molecular flexibility index (Phi) is 8.84. The number of aromatic nitrogens is 1. The minimum absolute atomic E-state index is 0. The van der Waals surface area contributed by atoms with Crippen molar-refractivity contribution in [3.8, 4) is 0 Å². The number of H-pyrrole nitrogens is 1. The Balaban J connectivity index is 0.00000312. The predicted octanol–water partition coefficient (Wildman–Crippen LogP) is 4.49. The molecule has 0 saturated heterocycles. The molecule has 3 N–H and O–H groups in total. The third kappa shape index (κ3) is 7.31. The normalized spacial score (nSPS) is 12.1. The molecule has 0 saturated carbocycles. The van der Waals surface area contributed by atoms with Crippen molar-refractivity contribution in [3.63, 3.8) is 0 Å². The third-order valence-electron chi connectivity index (χ3n) is 3.43. The number of alkyl halides is 3. The highest BCUT2D eigenvalue weighted by Gasteiger charge is 2.26. The molecule has 0 aliphatic rings. The molecule has 9 heteroatoms. The summed E-state index contributed by atoms with van der Waals surface area (Å²) in [5, 5.41) is 7.70. The zero-order valence-corrected chi connectivity index (χ0v) is 16.8. The summed E-state index contributed by atoms with van der Waals surface area (Å²) < 4.78 is 36.6. The van der Waals surface area contributed by atoms with Crippen LogP contribution in [0.4, 0.5) is 13.2 Å². The summed E-state index contributed by atoms with van der Waals surface area (Å²) >= 11 is 6.02. The Hall–Kier alpha value is -1.16. The van der Waals surface area contributed by atoms with E-state index >= 15 is 0 Å². The number of benzene rings is 1. The molecule has 0 radical (unpaired) electrons. The van der Waals surface area contributed by atoms with Gasteiger partial charge in [0.2, 0.25) is 0 Å². The van der Waals surface area contributed by atoms with Gasteiger partial charge in [-0.2, -0.15) is 13.2 Å². The van der Waals surface area contributed by atoms with Gasteiger partial charge in [-0.3, -0.25) is 4.99 Å². The number of nitrogens with one attached hydrogen (secondary N) is 3. The van der Waals surface area contributed by atoms with Crippen LogP contribution in [0, 0.1) is 0 Å². The van der Waals surface area contributed by atoms with Crippen LogP contribution in [0.15, 0.2) is 29.4 Å². The van der Waals surface area contributed by atoms with E-state index in [-0.39, 0.29) is 30.5 Å². The molecule has 0 aliphatic carbocycles. The van der Waals surface area contributed by atoms with Gasteiger partial charge in [-0.1, -0.05) is 11.6 Å². The van der Waals surface area contributed by atoms with Crippen LogP contribution in [0.5, 0.6) is 0 Å². The number of aliphatic imine (C=N–C) groups is 1. The Morgan fingerprint density at radius 3 is 2.72 bits per heavy atom. The van der Waals surface area contributed by atoms with Crippen molar-refractivity contribution < 1.29 is 13.2 Å². The summed E-state index contributed by atoms with van der Waals surface area (Å²) in [6, 6.07) is 5.63. The van der Waals surface area contributed by atoms with E-state index in [0.717, 1.165) is 16.5 Å². The second kappa shape index (κ2) is 10.1. The van der Waals surface area contributed by atoms with Gasteiger partial charge in [0, 0.05) is 35.2 Å².